The molecule has 3 aliphatic heterocycles. The first-order valence-electron chi connectivity index (χ1n) is 8.85. The normalized spacial score (nSPS) is 34.3. The molecule has 0 aliphatic carbocycles. The lowest BCUT2D eigenvalue weighted by atomic mass is 9.76. The highest BCUT2D eigenvalue weighted by Gasteiger charge is 2.71. The Bertz CT molecular complexity index is 828. The first-order chi connectivity index (χ1) is 12.1. The average Bonchev–Trinajstić information content (AvgIpc) is 3.12. The molecular formula is C19H23N3O4. The van der Waals surface area contributed by atoms with Crippen LogP contribution in [-0.2, 0) is 19.9 Å². The van der Waals surface area contributed by atoms with Crippen molar-refractivity contribution in [2.45, 2.75) is 50.9 Å². The van der Waals surface area contributed by atoms with E-state index in [9.17, 15) is 19.5 Å². The largest absolute Gasteiger partial charge is 0.392 e. The molecule has 3 amide bonds. The third-order valence-electron chi connectivity index (χ3n) is 5.75. The lowest BCUT2D eigenvalue weighted by Crippen LogP contribution is -2.57. The molecule has 0 unspecified atom stereocenters. The number of aliphatic hydroxyl groups excluding tert-OH is 1. The summed E-state index contributed by atoms with van der Waals surface area (Å²) in [5.74, 6) is -2.71. The summed E-state index contributed by atoms with van der Waals surface area (Å²) in [6.45, 7) is 6.96. The number of nitrogens with zero attached hydrogens (tertiary/aromatic N) is 1. The van der Waals surface area contributed by atoms with Gasteiger partial charge in [0.15, 0.2) is 0 Å². The molecule has 1 aromatic rings. The van der Waals surface area contributed by atoms with Gasteiger partial charge >= 0.3 is 0 Å². The zero-order chi connectivity index (χ0) is 19.0. The van der Waals surface area contributed by atoms with E-state index in [4.69, 9.17) is 0 Å². The topological polar surface area (TPSA) is 98.7 Å². The third kappa shape index (κ3) is 1.92. The number of carbonyl (C=O) groups excluding carboxylic acids is 3. The predicted octanol–water partition coefficient (Wildman–Crippen LogP) is 0.586. The van der Waals surface area contributed by atoms with Gasteiger partial charge in [0.05, 0.1) is 17.9 Å². The van der Waals surface area contributed by atoms with E-state index < -0.39 is 35.1 Å². The Morgan fingerprint density at radius 1 is 1.15 bits per heavy atom. The standard InChI is InChI=1S/C19H23N3O4/c1-9(23)14-12-13(16(25)22(15(12)24)18(2,3)4)19(21-14)10-7-5-6-8-11(10)20-17(19)26/h5-9,12-14,21,23H,1-4H3,(H,20,26)/t9-,12-,13-,14+,19-/m0/s1. The maximum Gasteiger partial charge on any atom is 0.250 e. The van der Waals surface area contributed by atoms with Gasteiger partial charge in [0.1, 0.15) is 5.54 Å². The number of likely N-dealkylation sites (tertiary alicyclic amines) is 1. The number of rotatable bonds is 1. The lowest BCUT2D eigenvalue weighted by Gasteiger charge is -2.35. The van der Waals surface area contributed by atoms with Crippen molar-refractivity contribution in [1.82, 2.24) is 10.2 Å². The number of para-hydroxylation sites is 1. The predicted molar refractivity (Wildman–Crippen MR) is 93.9 cm³/mol. The molecule has 3 heterocycles. The summed E-state index contributed by atoms with van der Waals surface area (Å²) in [5, 5.41) is 16.3. The van der Waals surface area contributed by atoms with Gasteiger partial charge in [0.25, 0.3) is 0 Å². The second-order valence-corrected chi connectivity index (χ2v) is 8.40. The number of imide groups is 1. The molecule has 0 aromatic heterocycles. The highest BCUT2D eigenvalue weighted by molar-refractivity contribution is 6.15. The van der Waals surface area contributed by atoms with Gasteiger partial charge in [0.2, 0.25) is 17.7 Å². The van der Waals surface area contributed by atoms with Crippen molar-refractivity contribution in [3.05, 3.63) is 29.8 Å². The van der Waals surface area contributed by atoms with Crippen LogP contribution in [0, 0.1) is 11.8 Å². The van der Waals surface area contributed by atoms with Gasteiger partial charge in [-0.05, 0) is 33.8 Å². The summed E-state index contributed by atoms with van der Waals surface area (Å²) >= 11 is 0. The zero-order valence-electron chi connectivity index (χ0n) is 15.2. The fraction of sp³-hybridized carbons (Fsp3) is 0.526. The van der Waals surface area contributed by atoms with Crippen LogP contribution in [0.1, 0.15) is 33.3 Å². The van der Waals surface area contributed by atoms with E-state index in [1.54, 1.807) is 52.0 Å². The van der Waals surface area contributed by atoms with E-state index in [0.717, 1.165) is 0 Å². The molecule has 1 spiro atoms. The number of carbonyl (C=O) groups is 3. The van der Waals surface area contributed by atoms with Gasteiger partial charge in [-0.1, -0.05) is 18.2 Å². The van der Waals surface area contributed by atoms with Crippen molar-refractivity contribution >= 4 is 23.4 Å². The van der Waals surface area contributed by atoms with Crippen LogP contribution in [0.3, 0.4) is 0 Å². The van der Waals surface area contributed by atoms with Crippen LogP contribution >= 0.6 is 0 Å². The first-order valence-corrected chi connectivity index (χ1v) is 8.85. The van der Waals surface area contributed by atoms with Crippen molar-refractivity contribution in [2.75, 3.05) is 5.32 Å². The second-order valence-electron chi connectivity index (χ2n) is 8.40. The molecule has 2 saturated heterocycles. The summed E-state index contributed by atoms with van der Waals surface area (Å²) in [5.41, 5.74) is -0.753. The molecule has 0 saturated carbocycles. The van der Waals surface area contributed by atoms with Crippen LogP contribution in [0.4, 0.5) is 5.69 Å². The molecule has 1 aromatic carbocycles. The summed E-state index contributed by atoms with van der Waals surface area (Å²) in [6.07, 6.45) is -0.890. The molecule has 3 N–H and O–H groups in total. The van der Waals surface area contributed by atoms with Crippen molar-refractivity contribution in [3.8, 4) is 0 Å². The van der Waals surface area contributed by atoms with Crippen LogP contribution in [0.5, 0.6) is 0 Å². The van der Waals surface area contributed by atoms with Crippen molar-refractivity contribution in [2.24, 2.45) is 11.8 Å². The average molecular weight is 357 g/mol. The molecule has 0 radical (unpaired) electrons. The lowest BCUT2D eigenvalue weighted by molar-refractivity contribution is -0.148. The van der Waals surface area contributed by atoms with Crippen LogP contribution in [0.15, 0.2) is 24.3 Å². The number of amides is 3. The Balaban J connectivity index is 1.93. The number of hydrogen-bond donors (Lipinski definition) is 3. The number of anilines is 1. The molecule has 7 heteroatoms. The number of nitrogens with one attached hydrogen (secondary N) is 2. The summed E-state index contributed by atoms with van der Waals surface area (Å²) in [6, 6.07) is 6.49. The van der Waals surface area contributed by atoms with Crippen molar-refractivity contribution in [3.63, 3.8) is 0 Å². The molecule has 0 bridgehead atoms. The van der Waals surface area contributed by atoms with E-state index in [1.807, 2.05) is 0 Å². The second kappa shape index (κ2) is 5.14. The maximum atomic E-state index is 13.3. The molecule has 4 rings (SSSR count). The van der Waals surface area contributed by atoms with Crippen LogP contribution in [0.2, 0.25) is 0 Å². The van der Waals surface area contributed by atoms with Gasteiger partial charge < -0.3 is 10.4 Å². The van der Waals surface area contributed by atoms with E-state index in [-0.39, 0.29) is 17.7 Å². The summed E-state index contributed by atoms with van der Waals surface area (Å²) in [7, 11) is 0. The van der Waals surface area contributed by atoms with E-state index in [2.05, 4.69) is 10.6 Å². The van der Waals surface area contributed by atoms with Gasteiger partial charge in [-0.3, -0.25) is 24.6 Å². The molecule has 26 heavy (non-hydrogen) atoms. The minimum atomic E-state index is -1.34. The Labute approximate surface area is 151 Å². The third-order valence-corrected chi connectivity index (χ3v) is 5.75. The molecule has 5 atom stereocenters. The molecule has 3 aliphatic rings. The summed E-state index contributed by atoms with van der Waals surface area (Å²) in [4.78, 5) is 40.8. The fourth-order valence-electron chi connectivity index (χ4n) is 4.76. The van der Waals surface area contributed by atoms with E-state index in [1.165, 1.54) is 4.90 Å². The Hall–Kier alpha value is -2.25. The van der Waals surface area contributed by atoms with Crippen LogP contribution < -0.4 is 10.6 Å². The van der Waals surface area contributed by atoms with Gasteiger partial charge in [0, 0.05) is 22.8 Å². The first kappa shape index (κ1) is 17.2. The zero-order valence-corrected chi connectivity index (χ0v) is 15.2. The maximum absolute atomic E-state index is 13.3. The molecule has 138 valence electrons. The van der Waals surface area contributed by atoms with Gasteiger partial charge in [-0.2, -0.15) is 0 Å². The number of benzene rings is 1. The van der Waals surface area contributed by atoms with E-state index >= 15 is 0 Å². The van der Waals surface area contributed by atoms with E-state index in [0.29, 0.717) is 11.3 Å². The number of hydrogen-bond acceptors (Lipinski definition) is 5. The van der Waals surface area contributed by atoms with Crippen molar-refractivity contribution < 1.29 is 19.5 Å². The number of aliphatic hydroxyl groups is 1. The summed E-state index contributed by atoms with van der Waals surface area (Å²) < 4.78 is 0. The Morgan fingerprint density at radius 2 is 1.81 bits per heavy atom. The minimum Gasteiger partial charge on any atom is -0.392 e. The quantitative estimate of drug-likeness (QED) is 0.639. The SMILES string of the molecule is C[C@H](O)[C@H]1N[C@]2(C(=O)Nc3ccccc32)[C@@H]2C(=O)N(C(C)(C)C)C(=O)[C@H]12. The molecular weight excluding hydrogens is 334 g/mol. The highest BCUT2D eigenvalue weighted by Crippen LogP contribution is 2.54. The fourth-order valence-corrected chi connectivity index (χ4v) is 4.76. The minimum absolute atomic E-state index is 0.333. The smallest absolute Gasteiger partial charge is 0.250 e. The van der Waals surface area contributed by atoms with Crippen molar-refractivity contribution in [1.29, 1.82) is 0 Å². The molecule has 7 nitrogen and oxygen atoms in total. The molecule has 2 fully saturated rings. The Morgan fingerprint density at radius 3 is 2.42 bits per heavy atom. The van der Waals surface area contributed by atoms with Crippen LogP contribution in [-0.4, -0.2) is 45.4 Å². The Kier molecular flexibility index (Phi) is 3.40. The van der Waals surface area contributed by atoms with Crippen LogP contribution in [0.25, 0.3) is 0 Å². The monoisotopic (exact) mass is 357 g/mol. The van der Waals surface area contributed by atoms with Gasteiger partial charge in [-0.15, -0.1) is 0 Å². The van der Waals surface area contributed by atoms with Gasteiger partial charge in [-0.25, -0.2) is 0 Å². The number of fused-ring (bicyclic) bond motifs is 4. The highest BCUT2D eigenvalue weighted by atomic mass is 16.3.